The molecular formula is C12H15N5O9P2. The second-order valence-corrected chi connectivity index (χ2v) is 8.18. The van der Waals surface area contributed by atoms with Gasteiger partial charge in [-0.05, 0) is 12.1 Å². The van der Waals surface area contributed by atoms with Crippen LogP contribution in [0.4, 0.5) is 5.82 Å². The SMILES string of the molecule is N#C[C@@]1(c2ccc3c(N)ncnn23)O[C@H](COP(=O)(O)O[PH](=O)O)[C@@H](O)[C@H]1O. The van der Waals surface area contributed by atoms with Gasteiger partial charge in [0.25, 0.3) is 0 Å². The van der Waals surface area contributed by atoms with Gasteiger partial charge in [0.15, 0.2) is 5.82 Å². The molecule has 6 N–H and O–H groups in total. The number of fused-ring (bicyclic) bond motifs is 1. The number of phosphoric ester groups is 1. The van der Waals surface area contributed by atoms with Crippen LogP contribution < -0.4 is 5.73 Å². The zero-order chi connectivity index (χ0) is 20.7. The number of nitriles is 1. The Balaban J connectivity index is 1.90. The van der Waals surface area contributed by atoms with Gasteiger partial charge in [-0.2, -0.15) is 10.4 Å². The van der Waals surface area contributed by atoms with Gasteiger partial charge in [0.1, 0.15) is 36.2 Å². The fraction of sp³-hybridized carbons (Fsp3) is 0.417. The lowest BCUT2D eigenvalue weighted by Crippen LogP contribution is -2.41. The first kappa shape index (κ1) is 20.8. The summed E-state index contributed by atoms with van der Waals surface area (Å²) < 4.78 is 37.1. The van der Waals surface area contributed by atoms with E-state index in [1.807, 2.05) is 0 Å². The molecule has 152 valence electrons. The lowest BCUT2D eigenvalue weighted by atomic mass is 9.92. The molecule has 3 heterocycles. The second kappa shape index (κ2) is 7.49. The molecule has 0 radical (unpaired) electrons. The molecule has 0 amide bonds. The molecule has 2 unspecified atom stereocenters. The van der Waals surface area contributed by atoms with Gasteiger partial charge in [-0.3, -0.25) is 9.09 Å². The molecule has 0 saturated carbocycles. The maximum Gasteiger partial charge on any atom is 0.479 e. The third kappa shape index (κ3) is 3.56. The summed E-state index contributed by atoms with van der Waals surface area (Å²) in [6.45, 7) is -0.828. The van der Waals surface area contributed by atoms with Crippen LogP contribution in [0.25, 0.3) is 5.52 Å². The Morgan fingerprint density at radius 2 is 2.21 bits per heavy atom. The van der Waals surface area contributed by atoms with Gasteiger partial charge < -0.3 is 30.5 Å². The third-order valence-corrected chi connectivity index (χ3v) is 6.10. The molecule has 28 heavy (non-hydrogen) atoms. The minimum Gasteiger partial charge on any atom is -0.387 e. The van der Waals surface area contributed by atoms with Gasteiger partial charge in [0.2, 0.25) is 5.60 Å². The highest BCUT2D eigenvalue weighted by Crippen LogP contribution is 2.51. The molecule has 14 nitrogen and oxygen atoms in total. The molecule has 3 rings (SSSR count). The number of hydrogen-bond donors (Lipinski definition) is 5. The highest BCUT2D eigenvalue weighted by atomic mass is 31.2. The van der Waals surface area contributed by atoms with Gasteiger partial charge in [-0.25, -0.2) is 18.4 Å². The number of phosphoric acid groups is 1. The van der Waals surface area contributed by atoms with E-state index >= 15 is 0 Å². The summed E-state index contributed by atoms with van der Waals surface area (Å²) in [6.07, 6.45) is -3.84. The van der Waals surface area contributed by atoms with E-state index in [9.17, 15) is 29.5 Å². The smallest absolute Gasteiger partial charge is 0.387 e. The molecule has 16 heteroatoms. The molecule has 2 aromatic rings. The van der Waals surface area contributed by atoms with Crippen molar-refractivity contribution in [1.29, 1.82) is 5.26 Å². The largest absolute Gasteiger partial charge is 0.479 e. The van der Waals surface area contributed by atoms with Crippen LogP contribution in [0.15, 0.2) is 18.5 Å². The molecule has 1 aliphatic heterocycles. The van der Waals surface area contributed by atoms with Crippen LogP contribution >= 0.6 is 16.1 Å². The van der Waals surface area contributed by atoms with E-state index in [0.29, 0.717) is 5.52 Å². The minimum absolute atomic E-state index is 0.0250. The van der Waals surface area contributed by atoms with Gasteiger partial charge in [0, 0.05) is 0 Å². The topological polar surface area (TPSA) is 223 Å². The number of nitrogens with two attached hydrogens (primary N) is 1. The number of aromatic nitrogens is 3. The van der Waals surface area contributed by atoms with E-state index in [4.69, 9.17) is 15.4 Å². The first-order valence-electron chi connectivity index (χ1n) is 7.55. The molecule has 1 saturated heterocycles. The number of ether oxygens (including phenoxy) is 1. The fourth-order valence-electron chi connectivity index (χ4n) is 2.84. The van der Waals surface area contributed by atoms with Gasteiger partial charge in [-0.15, -0.1) is 0 Å². The first-order chi connectivity index (χ1) is 13.1. The Kier molecular flexibility index (Phi) is 5.57. The number of aliphatic hydroxyl groups excluding tert-OH is 2. The fourth-order valence-corrected chi connectivity index (χ4v) is 4.18. The number of nitrogen functional groups attached to an aromatic ring is 1. The third-order valence-electron chi connectivity index (χ3n) is 4.08. The molecular weight excluding hydrogens is 420 g/mol. The van der Waals surface area contributed by atoms with Crippen LogP contribution in [-0.2, 0) is 28.3 Å². The van der Waals surface area contributed by atoms with Crippen molar-refractivity contribution in [3.63, 3.8) is 0 Å². The second-order valence-electron chi connectivity index (χ2n) is 5.72. The van der Waals surface area contributed by atoms with Crippen LogP contribution in [0, 0.1) is 11.3 Å². The van der Waals surface area contributed by atoms with E-state index in [2.05, 4.69) is 18.9 Å². The summed E-state index contributed by atoms with van der Waals surface area (Å²) in [4.78, 5) is 21.7. The molecule has 0 bridgehead atoms. The predicted molar refractivity (Wildman–Crippen MR) is 89.7 cm³/mol. The van der Waals surface area contributed by atoms with Crippen LogP contribution in [0.3, 0.4) is 0 Å². The summed E-state index contributed by atoms with van der Waals surface area (Å²) in [5.41, 5.74) is 3.96. The van der Waals surface area contributed by atoms with E-state index < -0.39 is 46.6 Å². The lowest BCUT2D eigenvalue weighted by Gasteiger charge is -2.24. The van der Waals surface area contributed by atoms with Gasteiger partial charge in [-0.1, -0.05) is 0 Å². The summed E-state index contributed by atoms with van der Waals surface area (Å²) >= 11 is 0. The number of rotatable bonds is 6. The Morgan fingerprint density at radius 1 is 1.50 bits per heavy atom. The average molecular weight is 435 g/mol. The van der Waals surface area contributed by atoms with Crippen LogP contribution in [0.2, 0.25) is 0 Å². The monoisotopic (exact) mass is 435 g/mol. The molecule has 0 spiro atoms. The zero-order valence-corrected chi connectivity index (χ0v) is 15.7. The Labute approximate surface area is 157 Å². The van der Waals surface area contributed by atoms with Crippen molar-refractivity contribution in [2.75, 3.05) is 12.3 Å². The predicted octanol–water partition coefficient (Wildman–Crippen LogP) is -1.33. The van der Waals surface area contributed by atoms with Gasteiger partial charge in [0.05, 0.1) is 12.3 Å². The molecule has 1 aliphatic rings. The molecule has 6 atom stereocenters. The van der Waals surface area contributed by atoms with Gasteiger partial charge >= 0.3 is 16.1 Å². The van der Waals surface area contributed by atoms with E-state index in [1.165, 1.54) is 16.6 Å². The molecule has 2 aromatic heterocycles. The summed E-state index contributed by atoms with van der Waals surface area (Å²) in [5, 5.41) is 34.3. The standard InChI is InChI=1S/C12H15N5O9P2/c13-4-12(8-2-1-6-11(14)15-5-16-17(6)8)10(19)9(18)7(25-12)3-24-28(22,23)26-27(20)21/h1-2,5,7,9-10,18-19,27H,3H2,(H,20,21)(H,22,23)(H2,14,15,16)/t7-,9-,10-,12+/m1/s1. The summed E-state index contributed by atoms with van der Waals surface area (Å²) in [7, 11) is -8.69. The maximum absolute atomic E-state index is 11.5. The van der Waals surface area contributed by atoms with Crippen LogP contribution in [-0.4, -0.2) is 59.5 Å². The van der Waals surface area contributed by atoms with E-state index in [0.717, 1.165) is 6.33 Å². The van der Waals surface area contributed by atoms with E-state index in [1.54, 1.807) is 6.07 Å². The Morgan fingerprint density at radius 3 is 2.86 bits per heavy atom. The maximum atomic E-state index is 11.5. The number of aliphatic hydroxyl groups is 2. The van der Waals surface area contributed by atoms with Crippen LogP contribution in [0.1, 0.15) is 5.69 Å². The molecule has 1 fully saturated rings. The minimum atomic E-state index is -4.92. The van der Waals surface area contributed by atoms with Crippen LogP contribution in [0.5, 0.6) is 0 Å². The Hall–Kier alpha value is -1.91. The summed E-state index contributed by atoms with van der Waals surface area (Å²) in [5.74, 6) is 0.0971. The highest BCUT2D eigenvalue weighted by molar-refractivity contribution is 7.55. The molecule has 0 aliphatic carbocycles. The number of nitrogens with zero attached hydrogens (tertiary/aromatic N) is 4. The van der Waals surface area contributed by atoms with Crippen molar-refractivity contribution in [3.8, 4) is 6.07 Å². The lowest BCUT2D eigenvalue weighted by molar-refractivity contribution is -0.0633. The first-order valence-corrected chi connectivity index (χ1v) is 10.3. The van der Waals surface area contributed by atoms with Crippen molar-refractivity contribution in [2.24, 2.45) is 0 Å². The zero-order valence-electron chi connectivity index (χ0n) is 13.8. The van der Waals surface area contributed by atoms with Crippen molar-refractivity contribution in [3.05, 3.63) is 24.2 Å². The number of anilines is 1. The van der Waals surface area contributed by atoms with Crippen molar-refractivity contribution < 1.29 is 42.7 Å². The normalized spacial score (nSPS) is 30.8. The quantitative estimate of drug-likeness (QED) is 0.332. The Bertz CT molecular complexity index is 1010. The van der Waals surface area contributed by atoms with E-state index in [-0.39, 0.29) is 11.5 Å². The summed E-state index contributed by atoms with van der Waals surface area (Å²) in [6, 6.07) is 4.64. The van der Waals surface area contributed by atoms with Crippen molar-refractivity contribution in [1.82, 2.24) is 14.6 Å². The van der Waals surface area contributed by atoms with Crippen molar-refractivity contribution in [2.45, 2.75) is 23.9 Å². The van der Waals surface area contributed by atoms with Crippen molar-refractivity contribution >= 4 is 27.4 Å². The highest BCUT2D eigenvalue weighted by Gasteiger charge is 2.58. The number of hydrogen-bond acceptors (Lipinski definition) is 11. The molecule has 0 aromatic carbocycles. The average Bonchev–Trinajstić information content (AvgIpc) is 3.15.